The zero-order valence-electron chi connectivity index (χ0n) is 17.0. The van der Waals surface area contributed by atoms with Crippen LogP contribution in [0, 0.1) is 13.8 Å². The van der Waals surface area contributed by atoms with Gasteiger partial charge < -0.3 is 9.64 Å². The van der Waals surface area contributed by atoms with E-state index in [-0.39, 0.29) is 5.91 Å². The van der Waals surface area contributed by atoms with Crippen LogP contribution in [0.15, 0.2) is 60.0 Å². The van der Waals surface area contributed by atoms with Crippen molar-refractivity contribution in [3.05, 3.63) is 71.5 Å². The zero-order valence-corrected chi connectivity index (χ0v) is 17.9. The summed E-state index contributed by atoms with van der Waals surface area (Å²) in [5.41, 5.74) is 4.47. The topological polar surface area (TPSA) is 60.2 Å². The molecule has 29 heavy (non-hydrogen) atoms. The molecule has 152 valence electrons. The molecule has 0 aliphatic heterocycles. The number of rotatable bonds is 9. The lowest BCUT2D eigenvalue weighted by Crippen LogP contribution is -2.34. The van der Waals surface area contributed by atoms with Crippen LogP contribution in [-0.4, -0.2) is 51.6 Å². The highest BCUT2D eigenvalue weighted by molar-refractivity contribution is 7.99. The molecular weight excluding hydrogens is 384 g/mol. The van der Waals surface area contributed by atoms with Crippen molar-refractivity contribution in [3.8, 4) is 5.69 Å². The summed E-state index contributed by atoms with van der Waals surface area (Å²) in [4.78, 5) is 14.7. The van der Waals surface area contributed by atoms with E-state index in [9.17, 15) is 4.79 Å². The summed E-state index contributed by atoms with van der Waals surface area (Å²) < 4.78 is 7.12. The van der Waals surface area contributed by atoms with E-state index in [0.29, 0.717) is 30.6 Å². The number of ether oxygens (including phenoxy) is 1. The summed E-state index contributed by atoms with van der Waals surface area (Å²) in [7, 11) is 1.65. The summed E-state index contributed by atoms with van der Waals surface area (Å²) in [5.74, 6) is 0.339. The lowest BCUT2D eigenvalue weighted by atomic mass is 10.1. The summed E-state index contributed by atoms with van der Waals surface area (Å²) in [6.07, 6.45) is 1.69. The average Bonchev–Trinajstić information content (AvgIpc) is 3.18. The molecule has 0 saturated carbocycles. The van der Waals surface area contributed by atoms with Crippen molar-refractivity contribution in [1.29, 1.82) is 0 Å². The Morgan fingerprint density at radius 3 is 2.69 bits per heavy atom. The largest absolute Gasteiger partial charge is 0.383 e. The van der Waals surface area contributed by atoms with Gasteiger partial charge >= 0.3 is 0 Å². The third-order valence-electron chi connectivity index (χ3n) is 4.59. The molecule has 0 atom stereocenters. The van der Waals surface area contributed by atoms with Crippen LogP contribution in [0.25, 0.3) is 5.69 Å². The SMILES string of the molecule is COCCN(Cc1ccccc1)C(=O)CSc1nncn1-c1ccc(C)cc1C. The molecule has 0 N–H and O–H groups in total. The van der Waals surface area contributed by atoms with E-state index in [1.807, 2.05) is 39.8 Å². The molecule has 1 heterocycles. The summed E-state index contributed by atoms with van der Waals surface area (Å²) in [5, 5.41) is 8.97. The second kappa shape index (κ2) is 10.2. The molecule has 0 spiro atoms. The first-order chi connectivity index (χ1) is 14.1. The van der Waals surface area contributed by atoms with Crippen molar-refractivity contribution in [2.45, 2.75) is 25.5 Å². The van der Waals surface area contributed by atoms with Crippen molar-refractivity contribution in [3.63, 3.8) is 0 Å². The number of thioether (sulfide) groups is 1. The van der Waals surface area contributed by atoms with Crippen LogP contribution in [0.2, 0.25) is 0 Å². The lowest BCUT2D eigenvalue weighted by Gasteiger charge is -2.22. The Hall–Kier alpha value is -2.64. The van der Waals surface area contributed by atoms with E-state index in [1.54, 1.807) is 13.4 Å². The molecule has 3 aromatic rings. The van der Waals surface area contributed by atoms with Gasteiger partial charge in [-0.15, -0.1) is 10.2 Å². The molecular formula is C22H26N4O2S. The van der Waals surface area contributed by atoms with Gasteiger partial charge in [-0.25, -0.2) is 0 Å². The number of methoxy groups -OCH3 is 1. The minimum atomic E-state index is 0.0473. The fourth-order valence-electron chi connectivity index (χ4n) is 3.08. The Bertz CT molecular complexity index is 943. The normalized spacial score (nSPS) is 10.9. The fourth-order valence-corrected chi connectivity index (χ4v) is 3.90. The van der Waals surface area contributed by atoms with Gasteiger partial charge in [-0.3, -0.25) is 9.36 Å². The third kappa shape index (κ3) is 5.68. The number of carbonyl (C=O) groups excluding carboxylic acids is 1. The molecule has 1 amide bonds. The second-order valence-corrected chi connectivity index (χ2v) is 7.80. The quantitative estimate of drug-likeness (QED) is 0.504. The molecule has 0 radical (unpaired) electrons. The van der Waals surface area contributed by atoms with Crippen molar-refractivity contribution in [2.24, 2.45) is 0 Å². The van der Waals surface area contributed by atoms with E-state index in [0.717, 1.165) is 16.8 Å². The molecule has 7 heteroatoms. The van der Waals surface area contributed by atoms with Crippen molar-refractivity contribution < 1.29 is 9.53 Å². The van der Waals surface area contributed by atoms with Gasteiger partial charge in [0.25, 0.3) is 0 Å². The predicted octanol–water partition coefficient (Wildman–Crippen LogP) is 3.65. The predicted molar refractivity (Wildman–Crippen MR) is 115 cm³/mol. The maximum atomic E-state index is 12.9. The Morgan fingerprint density at radius 2 is 1.97 bits per heavy atom. The minimum Gasteiger partial charge on any atom is -0.383 e. The van der Waals surface area contributed by atoms with Gasteiger partial charge in [-0.05, 0) is 31.0 Å². The van der Waals surface area contributed by atoms with E-state index >= 15 is 0 Å². The molecule has 0 bridgehead atoms. The number of aromatic nitrogens is 3. The van der Waals surface area contributed by atoms with Gasteiger partial charge in [0, 0.05) is 20.2 Å². The number of carbonyl (C=O) groups is 1. The molecule has 0 aliphatic rings. The van der Waals surface area contributed by atoms with E-state index in [1.165, 1.54) is 17.3 Å². The number of hydrogen-bond acceptors (Lipinski definition) is 5. The zero-order chi connectivity index (χ0) is 20.6. The molecule has 0 saturated heterocycles. The molecule has 2 aromatic carbocycles. The van der Waals surface area contributed by atoms with Gasteiger partial charge in [0.05, 0.1) is 18.0 Å². The highest BCUT2D eigenvalue weighted by Crippen LogP contribution is 2.23. The van der Waals surface area contributed by atoms with Crippen LogP contribution in [-0.2, 0) is 16.1 Å². The Morgan fingerprint density at radius 1 is 1.17 bits per heavy atom. The minimum absolute atomic E-state index is 0.0473. The molecule has 3 rings (SSSR count). The van der Waals surface area contributed by atoms with Crippen LogP contribution >= 0.6 is 11.8 Å². The summed E-state index contributed by atoms with van der Waals surface area (Å²) in [6.45, 7) is 5.75. The van der Waals surface area contributed by atoms with Gasteiger partial charge in [-0.2, -0.15) is 0 Å². The van der Waals surface area contributed by atoms with Crippen molar-refractivity contribution in [1.82, 2.24) is 19.7 Å². The summed E-state index contributed by atoms with van der Waals surface area (Å²) >= 11 is 1.40. The Labute approximate surface area is 175 Å². The van der Waals surface area contributed by atoms with Gasteiger partial charge in [0.2, 0.25) is 5.91 Å². The third-order valence-corrected chi connectivity index (χ3v) is 5.52. The summed E-state index contributed by atoms with van der Waals surface area (Å²) in [6, 6.07) is 16.2. The number of hydrogen-bond donors (Lipinski definition) is 0. The Balaban J connectivity index is 1.69. The molecule has 0 fully saturated rings. The van der Waals surface area contributed by atoms with Crippen LogP contribution in [0.4, 0.5) is 0 Å². The van der Waals surface area contributed by atoms with Gasteiger partial charge in [0.15, 0.2) is 5.16 Å². The maximum absolute atomic E-state index is 12.9. The number of nitrogens with zero attached hydrogens (tertiary/aromatic N) is 4. The van der Waals surface area contributed by atoms with E-state index in [4.69, 9.17) is 4.74 Å². The monoisotopic (exact) mass is 410 g/mol. The number of amides is 1. The highest BCUT2D eigenvalue weighted by Gasteiger charge is 2.17. The molecule has 1 aromatic heterocycles. The standard InChI is InChI=1S/C22H26N4O2S/c1-17-9-10-20(18(2)13-17)26-16-23-24-22(26)29-15-21(27)25(11-12-28-3)14-19-7-5-4-6-8-19/h4-10,13,16H,11-12,14-15H2,1-3H3. The van der Waals surface area contributed by atoms with Crippen LogP contribution in [0.5, 0.6) is 0 Å². The highest BCUT2D eigenvalue weighted by atomic mass is 32.2. The fraction of sp³-hybridized carbons (Fsp3) is 0.318. The van der Waals surface area contributed by atoms with Gasteiger partial charge in [0.1, 0.15) is 6.33 Å². The van der Waals surface area contributed by atoms with Crippen molar-refractivity contribution in [2.75, 3.05) is 26.0 Å². The number of aryl methyl sites for hydroxylation is 2. The average molecular weight is 411 g/mol. The van der Waals surface area contributed by atoms with Gasteiger partial charge in [-0.1, -0.05) is 59.8 Å². The smallest absolute Gasteiger partial charge is 0.233 e. The first-order valence-corrected chi connectivity index (χ1v) is 10.5. The molecule has 0 unspecified atom stereocenters. The van der Waals surface area contributed by atoms with Crippen LogP contribution in [0.3, 0.4) is 0 Å². The van der Waals surface area contributed by atoms with E-state index < -0.39 is 0 Å². The second-order valence-electron chi connectivity index (χ2n) is 6.86. The van der Waals surface area contributed by atoms with Crippen molar-refractivity contribution >= 4 is 17.7 Å². The first kappa shape index (κ1) is 21.1. The van der Waals surface area contributed by atoms with E-state index in [2.05, 4.69) is 42.2 Å². The molecule has 0 aliphatic carbocycles. The van der Waals surface area contributed by atoms with Crippen LogP contribution in [0.1, 0.15) is 16.7 Å². The first-order valence-electron chi connectivity index (χ1n) is 9.49. The molecule has 6 nitrogen and oxygen atoms in total. The lowest BCUT2D eigenvalue weighted by molar-refractivity contribution is -0.129. The maximum Gasteiger partial charge on any atom is 0.233 e. The number of benzene rings is 2. The Kier molecular flexibility index (Phi) is 7.43. The van der Waals surface area contributed by atoms with Crippen LogP contribution < -0.4 is 0 Å².